The number of carbonyl (C=O) groups is 1. The van der Waals surface area contributed by atoms with Crippen molar-refractivity contribution >= 4 is 17.7 Å². The molecule has 0 aliphatic carbocycles. The van der Waals surface area contributed by atoms with Crippen LogP contribution in [0.5, 0.6) is 0 Å². The lowest BCUT2D eigenvalue weighted by Crippen LogP contribution is -2.03. The number of ether oxygens (including phenoxy) is 1. The van der Waals surface area contributed by atoms with Gasteiger partial charge in [-0.25, -0.2) is 0 Å². The van der Waals surface area contributed by atoms with E-state index in [9.17, 15) is 4.79 Å². The fourth-order valence-corrected chi connectivity index (χ4v) is 2.66. The zero-order valence-electron chi connectivity index (χ0n) is 16.7. The molecule has 0 atom stereocenters. The predicted octanol–water partition coefficient (Wildman–Crippen LogP) is 6.00. The van der Waals surface area contributed by atoms with Gasteiger partial charge in [-0.3, -0.25) is 9.79 Å². The second-order valence-electron chi connectivity index (χ2n) is 5.84. The molecule has 3 nitrogen and oxygen atoms in total. The zero-order valence-corrected chi connectivity index (χ0v) is 16.7. The molecule has 0 amide bonds. The van der Waals surface area contributed by atoms with Crippen LogP contribution in [0.3, 0.4) is 0 Å². The molecule has 0 bridgehead atoms. The van der Waals surface area contributed by atoms with E-state index in [1.54, 1.807) is 14.0 Å². The monoisotopic (exact) mass is 353 g/mol. The fraction of sp³-hybridized carbons (Fsp3) is 0.391. The summed E-state index contributed by atoms with van der Waals surface area (Å²) < 4.78 is 4.78. The largest absolute Gasteiger partial charge is 0.385 e. The Bertz CT molecular complexity index is 716. The fourth-order valence-electron chi connectivity index (χ4n) is 2.66. The van der Waals surface area contributed by atoms with Crippen LogP contribution < -0.4 is 0 Å². The number of rotatable bonds is 4. The molecule has 26 heavy (non-hydrogen) atoms. The normalized spacial score (nSPS) is 11.0. The molecule has 0 spiro atoms. The Morgan fingerprint density at radius 2 is 1.85 bits per heavy atom. The Morgan fingerprint density at radius 3 is 2.46 bits per heavy atom. The third-order valence-electron chi connectivity index (χ3n) is 4.00. The van der Waals surface area contributed by atoms with Gasteiger partial charge in [0.05, 0.1) is 5.69 Å². The Labute approximate surface area is 158 Å². The van der Waals surface area contributed by atoms with Crippen LogP contribution >= 0.6 is 0 Å². The Hall–Kier alpha value is -2.26. The van der Waals surface area contributed by atoms with Crippen molar-refractivity contribution < 1.29 is 9.53 Å². The summed E-state index contributed by atoms with van der Waals surface area (Å²) in [5.41, 5.74) is 5.08. The van der Waals surface area contributed by atoms with Crippen molar-refractivity contribution in [3.05, 3.63) is 64.7 Å². The molecular formula is C23H31NO2. The summed E-state index contributed by atoms with van der Waals surface area (Å²) in [5.74, 6) is 0.111. The van der Waals surface area contributed by atoms with Crippen molar-refractivity contribution in [2.75, 3.05) is 13.7 Å². The van der Waals surface area contributed by atoms with Crippen molar-refractivity contribution in [1.29, 1.82) is 0 Å². The molecule has 2 aromatic carbocycles. The highest BCUT2D eigenvalue weighted by Crippen LogP contribution is 2.28. The average Bonchev–Trinajstić information content (AvgIpc) is 2.87. The van der Waals surface area contributed by atoms with E-state index in [-0.39, 0.29) is 5.78 Å². The van der Waals surface area contributed by atoms with Gasteiger partial charge >= 0.3 is 0 Å². The van der Waals surface area contributed by atoms with Gasteiger partial charge in [0.1, 0.15) is 0 Å². The number of unbranched alkanes of at least 4 members (excludes halogenated alkanes) is 1. The highest BCUT2D eigenvalue weighted by molar-refractivity contribution is 5.99. The van der Waals surface area contributed by atoms with Gasteiger partial charge in [-0.2, -0.15) is 0 Å². The molecule has 2 aromatic rings. The van der Waals surface area contributed by atoms with E-state index in [0.29, 0.717) is 0 Å². The summed E-state index contributed by atoms with van der Waals surface area (Å²) in [7, 11) is 1.73. The summed E-state index contributed by atoms with van der Waals surface area (Å²) in [6.45, 7) is 8.68. The number of hydrogen-bond acceptors (Lipinski definition) is 3. The van der Waals surface area contributed by atoms with E-state index in [1.807, 2.05) is 56.5 Å². The maximum atomic E-state index is 11.7. The van der Waals surface area contributed by atoms with Crippen LogP contribution in [0.1, 0.15) is 67.6 Å². The van der Waals surface area contributed by atoms with Crippen LogP contribution in [-0.4, -0.2) is 25.7 Å². The van der Waals surface area contributed by atoms with E-state index in [1.165, 1.54) is 18.4 Å². The van der Waals surface area contributed by atoms with Crippen molar-refractivity contribution in [1.82, 2.24) is 0 Å². The van der Waals surface area contributed by atoms with Gasteiger partial charge < -0.3 is 4.74 Å². The van der Waals surface area contributed by atoms with Gasteiger partial charge in [0, 0.05) is 31.9 Å². The number of nitrogens with zero attached hydrogens (tertiary/aromatic N) is 1. The van der Waals surface area contributed by atoms with Gasteiger partial charge in [-0.05, 0) is 36.1 Å². The first-order valence-corrected chi connectivity index (χ1v) is 9.41. The second kappa shape index (κ2) is 12.2. The smallest absolute Gasteiger partial charge is 0.160 e. The number of aliphatic imine (C=N–C) groups is 1. The number of fused-ring (bicyclic) bond motifs is 2. The first-order chi connectivity index (χ1) is 12.7. The van der Waals surface area contributed by atoms with Crippen molar-refractivity contribution in [2.24, 2.45) is 4.99 Å². The predicted molar refractivity (Wildman–Crippen MR) is 111 cm³/mol. The Balaban J connectivity index is 0.000000363. The van der Waals surface area contributed by atoms with Gasteiger partial charge in [0.2, 0.25) is 0 Å². The van der Waals surface area contributed by atoms with Crippen LogP contribution in [0, 0.1) is 0 Å². The Kier molecular flexibility index (Phi) is 10.2. The minimum Gasteiger partial charge on any atom is -0.385 e. The SMILES string of the molecule is CC.CC(=O)c1cccc2c1Cc1ccccc1N=C2.CCCCOC. The number of hydrogen-bond donors (Lipinski definition) is 0. The van der Waals surface area contributed by atoms with Crippen LogP contribution in [-0.2, 0) is 11.2 Å². The second-order valence-corrected chi connectivity index (χ2v) is 5.84. The van der Waals surface area contributed by atoms with E-state index in [0.717, 1.165) is 35.4 Å². The van der Waals surface area contributed by atoms with Crippen LogP contribution in [0.15, 0.2) is 47.5 Å². The molecular weight excluding hydrogens is 322 g/mol. The van der Waals surface area contributed by atoms with E-state index in [2.05, 4.69) is 18.0 Å². The summed E-state index contributed by atoms with van der Waals surface area (Å²) in [4.78, 5) is 16.2. The molecule has 0 saturated carbocycles. The first kappa shape index (κ1) is 21.8. The number of carbonyl (C=O) groups excluding carboxylic acids is 1. The van der Waals surface area contributed by atoms with Crippen LogP contribution in [0.4, 0.5) is 5.69 Å². The lowest BCUT2D eigenvalue weighted by molar-refractivity contribution is 0.101. The van der Waals surface area contributed by atoms with Gasteiger partial charge in [-0.1, -0.05) is 63.6 Å². The van der Waals surface area contributed by atoms with E-state index < -0.39 is 0 Å². The number of benzene rings is 2. The number of methoxy groups -OCH3 is 1. The minimum absolute atomic E-state index is 0.111. The van der Waals surface area contributed by atoms with Crippen molar-refractivity contribution in [3.63, 3.8) is 0 Å². The molecule has 1 aliphatic heterocycles. The molecule has 3 heteroatoms. The lowest BCUT2D eigenvalue weighted by Gasteiger charge is -2.09. The zero-order chi connectivity index (χ0) is 19.4. The molecule has 0 fully saturated rings. The summed E-state index contributed by atoms with van der Waals surface area (Å²) in [6.07, 6.45) is 5.04. The molecule has 3 rings (SSSR count). The molecule has 1 aliphatic rings. The van der Waals surface area contributed by atoms with Crippen LogP contribution in [0.25, 0.3) is 0 Å². The topological polar surface area (TPSA) is 38.7 Å². The van der Waals surface area contributed by atoms with E-state index >= 15 is 0 Å². The molecule has 0 N–H and O–H groups in total. The highest BCUT2D eigenvalue weighted by atomic mass is 16.5. The van der Waals surface area contributed by atoms with Crippen molar-refractivity contribution in [3.8, 4) is 0 Å². The standard InChI is InChI=1S/C16H13NO.C5H12O.C2H6/c1-11(18)14-7-4-6-13-10-17-16-8-3-2-5-12(16)9-15(13)14;1-3-4-5-6-2;1-2/h2-8,10H,9H2,1H3;3-5H2,1-2H3;1-2H3. The van der Waals surface area contributed by atoms with Gasteiger partial charge in [0.25, 0.3) is 0 Å². The number of Topliss-reactive ketones (excluding diaryl/α,β-unsaturated/α-hetero) is 1. The summed E-state index contributed by atoms with van der Waals surface area (Å²) in [6, 6.07) is 13.9. The lowest BCUT2D eigenvalue weighted by atomic mass is 9.94. The first-order valence-electron chi connectivity index (χ1n) is 9.41. The van der Waals surface area contributed by atoms with Crippen molar-refractivity contribution in [2.45, 2.75) is 47.0 Å². The summed E-state index contributed by atoms with van der Waals surface area (Å²) >= 11 is 0. The average molecular weight is 354 g/mol. The highest BCUT2D eigenvalue weighted by Gasteiger charge is 2.15. The maximum Gasteiger partial charge on any atom is 0.160 e. The molecule has 0 unspecified atom stereocenters. The number of para-hydroxylation sites is 1. The molecule has 0 aromatic heterocycles. The maximum absolute atomic E-state index is 11.7. The van der Waals surface area contributed by atoms with Gasteiger partial charge in [-0.15, -0.1) is 0 Å². The van der Waals surface area contributed by atoms with Crippen LogP contribution in [0.2, 0.25) is 0 Å². The quantitative estimate of drug-likeness (QED) is 0.426. The third-order valence-corrected chi connectivity index (χ3v) is 4.00. The molecule has 0 radical (unpaired) electrons. The summed E-state index contributed by atoms with van der Waals surface area (Å²) in [5, 5.41) is 0. The minimum atomic E-state index is 0.111. The molecule has 0 saturated heterocycles. The Morgan fingerprint density at radius 1 is 1.12 bits per heavy atom. The molecule has 140 valence electrons. The number of ketones is 1. The van der Waals surface area contributed by atoms with E-state index in [4.69, 9.17) is 4.74 Å². The third kappa shape index (κ3) is 6.23. The van der Waals surface area contributed by atoms with Gasteiger partial charge in [0.15, 0.2) is 5.78 Å². The molecule has 1 heterocycles.